The smallest absolute Gasteiger partial charge is 0.0560 e. The molecule has 0 bridgehead atoms. The molecule has 178 valence electrons. The number of rotatable bonds is 7. The third-order valence-corrected chi connectivity index (χ3v) is 8.30. The Morgan fingerprint density at radius 3 is 1.69 bits per heavy atom. The lowest BCUT2D eigenvalue weighted by molar-refractivity contribution is 0.541. The van der Waals surface area contributed by atoms with Crippen LogP contribution < -0.4 is 0 Å². The van der Waals surface area contributed by atoms with Crippen molar-refractivity contribution in [2.75, 3.05) is 0 Å². The lowest BCUT2D eigenvalue weighted by Gasteiger charge is -2.43. The van der Waals surface area contributed by atoms with Gasteiger partial charge in [0.15, 0.2) is 0 Å². The highest BCUT2D eigenvalue weighted by Gasteiger charge is 2.50. The van der Waals surface area contributed by atoms with E-state index in [-0.39, 0.29) is 11.3 Å². The van der Waals surface area contributed by atoms with Crippen molar-refractivity contribution in [2.24, 2.45) is 0 Å². The maximum absolute atomic E-state index is 2.58. The second-order valence-electron chi connectivity index (χ2n) is 10.4. The fraction of sp³-hybridized carbons (Fsp3) is 0.222. The van der Waals surface area contributed by atoms with Crippen LogP contribution in [0.15, 0.2) is 132 Å². The normalized spacial score (nSPS) is 15.1. The highest BCUT2D eigenvalue weighted by atomic mass is 14.5. The quantitative estimate of drug-likeness (QED) is 0.254. The van der Waals surface area contributed by atoms with Gasteiger partial charge in [-0.15, -0.1) is 0 Å². The van der Waals surface area contributed by atoms with Gasteiger partial charge in [0.1, 0.15) is 0 Å². The fourth-order valence-electron chi connectivity index (χ4n) is 6.82. The molecule has 0 unspecified atom stereocenters. The van der Waals surface area contributed by atoms with E-state index in [9.17, 15) is 0 Å². The molecular formula is C36H34. The molecular weight excluding hydrogens is 432 g/mol. The second-order valence-corrected chi connectivity index (χ2v) is 10.4. The van der Waals surface area contributed by atoms with Crippen LogP contribution in [0.25, 0.3) is 11.1 Å². The van der Waals surface area contributed by atoms with Crippen molar-refractivity contribution in [3.05, 3.63) is 154 Å². The average Bonchev–Trinajstić information content (AvgIpc) is 3.48. The SMILES string of the molecule is CCCCC1=CC(C(c2ccccc2)(c2ccccc2)C2c3ccccc3-c3ccccc32)=C(C)C1. The van der Waals surface area contributed by atoms with E-state index in [1.165, 1.54) is 63.8 Å². The van der Waals surface area contributed by atoms with Gasteiger partial charge in [-0.3, -0.25) is 0 Å². The molecule has 4 aromatic carbocycles. The van der Waals surface area contributed by atoms with Crippen LogP contribution in [0.5, 0.6) is 0 Å². The number of hydrogen-bond acceptors (Lipinski definition) is 0. The van der Waals surface area contributed by atoms with Crippen LogP contribution in [0.4, 0.5) is 0 Å². The van der Waals surface area contributed by atoms with E-state index >= 15 is 0 Å². The minimum absolute atomic E-state index is 0.196. The third-order valence-electron chi connectivity index (χ3n) is 8.30. The van der Waals surface area contributed by atoms with Crippen molar-refractivity contribution in [3.8, 4) is 11.1 Å². The Bertz CT molecular complexity index is 1350. The molecule has 2 aliphatic carbocycles. The summed E-state index contributed by atoms with van der Waals surface area (Å²) >= 11 is 0. The van der Waals surface area contributed by atoms with Crippen LogP contribution in [0.1, 0.15) is 67.7 Å². The summed E-state index contributed by atoms with van der Waals surface area (Å²) in [6.45, 7) is 4.67. The van der Waals surface area contributed by atoms with Crippen molar-refractivity contribution in [1.29, 1.82) is 0 Å². The van der Waals surface area contributed by atoms with E-state index in [0.717, 1.165) is 6.42 Å². The molecule has 0 aromatic heterocycles. The summed E-state index contributed by atoms with van der Waals surface area (Å²) in [7, 11) is 0. The summed E-state index contributed by atoms with van der Waals surface area (Å²) in [5, 5.41) is 0. The van der Waals surface area contributed by atoms with Gasteiger partial charge >= 0.3 is 0 Å². The molecule has 36 heavy (non-hydrogen) atoms. The van der Waals surface area contributed by atoms with Gasteiger partial charge in [0, 0.05) is 5.92 Å². The predicted molar refractivity (Wildman–Crippen MR) is 152 cm³/mol. The third kappa shape index (κ3) is 3.51. The minimum atomic E-state index is -0.316. The van der Waals surface area contributed by atoms with Crippen molar-refractivity contribution in [1.82, 2.24) is 0 Å². The van der Waals surface area contributed by atoms with E-state index in [1.807, 2.05) is 0 Å². The summed E-state index contributed by atoms with van der Waals surface area (Å²) in [6, 6.07) is 40.8. The van der Waals surface area contributed by atoms with Gasteiger partial charge in [0.25, 0.3) is 0 Å². The fourth-order valence-corrected chi connectivity index (χ4v) is 6.82. The number of benzene rings is 4. The molecule has 0 fully saturated rings. The largest absolute Gasteiger partial charge is 0.0658 e. The zero-order valence-corrected chi connectivity index (χ0v) is 21.4. The predicted octanol–water partition coefficient (Wildman–Crippen LogP) is 9.62. The Morgan fingerprint density at radius 2 is 1.17 bits per heavy atom. The Hall–Kier alpha value is -3.64. The van der Waals surface area contributed by atoms with Crippen molar-refractivity contribution >= 4 is 0 Å². The topological polar surface area (TPSA) is 0 Å². The molecule has 0 saturated carbocycles. The van der Waals surface area contributed by atoms with Gasteiger partial charge in [-0.2, -0.15) is 0 Å². The summed E-state index contributed by atoms with van der Waals surface area (Å²) < 4.78 is 0. The van der Waals surface area contributed by atoms with Gasteiger partial charge in [0.05, 0.1) is 5.41 Å². The van der Waals surface area contributed by atoms with Gasteiger partial charge in [-0.05, 0) is 65.1 Å². The van der Waals surface area contributed by atoms with Crippen LogP contribution in [0, 0.1) is 0 Å². The zero-order chi connectivity index (χ0) is 24.5. The highest BCUT2D eigenvalue weighted by Crippen LogP contribution is 2.60. The zero-order valence-electron chi connectivity index (χ0n) is 21.4. The monoisotopic (exact) mass is 466 g/mol. The summed E-state index contributed by atoms with van der Waals surface area (Å²) in [5.41, 5.74) is 12.6. The molecule has 0 saturated heterocycles. The first-order chi connectivity index (χ1) is 17.7. The van der Waals surface area contributed by atoms with Gasteiger partial charge in [-0.1, -0.05) is 140 Å². The molecule has 0 heterocycles. The molecule has 2 aliphatic rings. The standard InChI is InChI=1S/C36H34/c1-3-4-15-27-24-26(2)34(25-27)36(28-16-7-5-8-17-28,29-18-9-6-10-19-29)35-32-22-13-11-20-30(32)31-21-12-14-23-33(31)35/h5-14,16-23,25,35H,3-4,15,24H2,1-2H3. The highest BCUT2D eigenvalue weighted by molar-refractivity contribution is 5.82. The van der Waals surface area contributed by atoms with Gasteiger partial charge < -0.3 is 0 Å². The van der Waals surface area contributed by atoms with E-state index in [2.05, 4.69) is 129 Å². The van der Waals surface area contributed by atoms with Crippen LogP contribution >= 0.6 is 0 Å². The van der Waals surface area contributed by atoms with Crippen LogP contribution in [-0.4, -0.2) is 0 Å². The maximum Gasteiger partial charge on any atom is 0.0560 e. The van der Waals surface area contributed by atoms with Gasteiger partial charge in [-0.25, -0.2) is 0 Å². The maximum atomic E-state index is 2.58. The molecule has 0 amide bonds. The van der Waals surface area contributed by atoms with Gasteiger partial charge in [0.2, 0.25) is 0 Å². The van der Waals surface area contributed by atoms with E-state index in [1.54, 1.807) is 5.57 Å². The average molecular weight is 467 g/mol. The molecule has 0 aliphatic heterocycles. The first kappa shape index (κ1) is 22.8. The number of unbranched alkanes of at least 4 members (excludes halogenated alkanes) is 1. The minimum Gasteiger partial charge on any atom is -0.0658 e. The molecule has 0 N–H and O–H groups in total. The Kier molecular flexibility index (Phi) is 5.97. The van der Waals surface area contributed by atoms with Crippen molar-refractivity contribution in [2.45, 2.75) is 50.9 Å². The summed E-state index contributed by atoms with van der Waals surface area (Å²) in [4.78, 5) is 0. The van der Waals surface area contributed by atoms with E-state index < -0.39 is 0 Å². The van der Waals surface area contributed by atoms with E-state index in [0.29, 0.717) is 0 Å². The van der Waals surface area contributed by atoms with Crippen LogP contribution in [0.2, 0.25) is 0 Å². The van der Waals surface area contributed by atoms with E-state index in [4.69, 9.17) is 0 Å². The Labute approximate surface area is 216 Å². The number of allylic oxidation sites excluding steroid dienone is 4. The lowest BCUT2D eigenvalue weighted by Crippen LogP contribution is -2.37. The number of hydrogen-bond donors (Lipinski definition) is 0. The second kappa shape index (κ2) is 9.43. The summed E-state index contributed by atoms with van der Waals surface area (Å²) in [5.74, 6) is 0.196. The van der Waals surface area contributed by atoms with Crippen LogP contribution in [0.3, 0.4) is 0 Å². The molecule has 0 nitrogen and oxygen atoms in total. The molecule has 6 rings (SSSR count). The van der Waals surface area contributed by atoms with Crippen LogP contribution in [-0.2, 0) is 5.41 Å². The van der Waals surface area contributed by atoms with Crippen molar-refractivity contribution < 1.29 is 0 Å². The molecule has 0 atom stereocenters. The Morgan fingerprint density at radius 1 is 0.667 bits per heavy atom. The molecule has 0 heteroatoms. The number of fused-ring (bicyclic) bond motifs is 3. The molecule has 0 radical (unpaired) electrons. The first-order valence-electron chi connectivity index (χ1n) is 13.4. The molecule has 0 spiro atoms. The summed E-state index contributed by atoms with van der Waals surface area (Å²) in [6.07, 6.45) is 7.35. The lowest BCUT2D eigenvalue weighted by atomic mass is 9.58. The molecule has 4 aromatic rings. The first-order valence-corrected chi connectivity index (χ1v) is 13.4. The Balaban J connectivity index is 1.72. The van der Waals surface area contributed by atoms with Crippen molar-refractivity contribution in [3.63, 3.8) is 0 Å².